The van der Waals surface area contributed by atoms with Crippen LogP contribution in [0.1, 0.15) is 64.6 Å². The van der Waals surface area contributed by atoms with E-state index in [9.17, 15) is 18.0 Å². The fourth-order valence-electron chi connectivity index (χ4n) is 3.49. The van der Waals surface area contributed by atoms with Crippen LogP contribution in [0.5, 0.6) is 0 Å². The van der Waals surface area contributed by atoms with Crippen LogP contribution in [0.2, 0.25) is 0 Å². The van der Waals surface area contributed by atoms with Crippen molar-refractivity contribution >= 4 is 17.3 Å². The number of hydrogen-bond donors (Lipinski definition) is 1. The fraction of sp³-hybridized carbons (Fsp3) is 0.381. The van der Waals surface area contributed by atoms with Gasteiger partial charge in [-0.3, -0.25) is 0 Å². The second kappa shape index (κ2) is 6.29. The van der Waals surface area contributed by atoms with Crippen LogP contribution in [0.3, 0.4) is 0 Å². The smallest absolute Gasteiger partial charge is 0.418 e. The first-order valence-electron chi connectivity index (χ1n) is 9.07. The summed E-state index contributed by atoms with van der Waals surface area (Å²) >= 11 is 0. The van der Waals surface area contributed by atoms with Crippen molar-refractivity contribution in [3.05, 3.63) is 58.7 Å². The first-order valence-corrected chi connectivity index (χ1v) is 9.07. The number of carboxylic acid groups (broad SMARTS) is 1. The molecule has 0 saturated heterocycles. The number of alkyl halides is 3. The molecule has 0 heterocycles. The second-order valence-electron chi connectivity index (χ2n) is 7.50. The van der Waals surface area contributed by atoms with Gasteiger partial charge in [-0.05, 0) is 79.0 Å². The highest BCUT2D eigenvalue weighted by atomic mass is 19.4. The lowest BCUT2D eigenvalue weighted by Crippen LogP contribution is -2.18. The molecule has 3 nitrogen and oxygen atoms in total. The maximum Gasteiger partial charge on any atom is 0.418 e. The molecule has 6 heteroatoms. The molecule has 4 rings (SSSR count). The van der Waals surface area contributed by atoms with Crippen molar-refractivity contribution in [2.24, 2.45) is 0 Å². The maximum atomic E-state index is 13.6. The average Bonchev–Trinajstić information content (AvgIpc) is 3.51. The molecule has 1 N–H and O–H groups in total. The number of aromatic carboxylic acids is 1. The van der Waals surface area contributed by atoms with E-state index in [0.717, 1.165) is 31.4 Å². The Morgan fingerprint density at radius 3 is 2.00 bits per heavy atom. The number of anilines is 2. The third-order valence-corrected chi connectivity index (χ3v) is 5.36. The highest BCUT2D eigenvalue weighted by Gasteiger charge is 2.36. The second-order valence-corrected chi connectivity index (χ2v) is 7.50. The van der Waals surface area contributed by atoms with Crippen molar-refractivity contribution in [1.29, 1.82) is 0 Å². The minimum Gasteiger partial charge on any atom is -0.478 e. The van der Waals surface area contributed by atoms with Gasteiger partial charge in [0.25, 0.3) is 0 Å². The molecule has 142 valence electrons. The van der Waals surface area contributed by atoms with Crippen molar-refractivity contribution in [2.45, 2.75) is 43.7 Å². The van der Waals surface area contributed by atoms with Gasteiger partial charge in [0.2, 0.25) is 0 Å². The molecular weight excluding hydrogens is 355 g/mol. The molecule has 2 aromatic rings. The third kappa shape index (κ3) is 3.66. The molecule has 0 bridgehead atoms. The van der Waals surface area contributed by atoms with Crippen molar-refractivity contribution < 1.29 is 23.1 Å². The molecule has 27 heavy (non-hydrogen) atoms. The standard InChI is InChI=1S/C21H20F3NO2/c1-25(19-7-6-14(20(26)27)11-18(19)21(22,23)24)17-9-15(12-2-3-12)8-16(10-17)13-4-5-13/h6-13H,2-5H2,1H3,(H,26,27). The van der Waals surface area contributed by atoms with Gasteiger partial charge in [0.05, 0.1) is 16.8 Å². The predicted octanol–water partition coefficient (Wildman–Crippen LogP) is 5.93. The first kappa shape index (κ1) is 17.9. The minimum atomic E-state index is -4.64. The zero-order chi connectivity index (χ0) is 19.3. The molecule has 0 amide bonds. The van der Waals surface area contributed by atoms with Crippen LogP contribution in [-0.4, -0.2) is 18.1 Å². The molecule has 0 atom stereocenters. The Kier molecular flexibility index (Phi) is 4.17. The summed E-state index contributed by atoms with van der Waals surface area (Å²) in [5.41, 5.74) is 1.76. The van der Waals surface area contributed by atoms with E-state index >= 15 is 0 Å². The van der Waals surface area contributed by atoms with Gasteiger partial charge < -0.3 is 10.0 Å². The number of carbonyl (C=O) groups is 1. The van der Waals surface area contributed by atoms with Crippen LogP contribution >= 0.6 is 0 Å². The summed E-state index contributed by atoms with van der Waals surface area (Å²) in [6.07, 6.45) is -0.143. The van der Waals surface area contributed by atoms with E-state index < -0.39 is 17.7 Å². The van der Waals surface area contributed by atoms with E-state index in [2.05, 4.69) is 6.07 Å². The zero-order valence-electron chi connectivity index (χ0n) is 14.9. The van der Waals surface area contributed by atoms with Crippen molar-refractivity contribution in [2.75, 3.05) is 11.9 Å². The van der Waals surface area contributed by atoms with E-state index in [1.165, 1.54) is 28.2 Å². The Morgan fingerprint density at radius 1 is 1.00 bits per heavy atom. The summed E-state index contributed by atoms with van der Waals surface area (Å²) in [6.45, 7) is 0. The van der Waals surface area contributed by atoms with E-state index in [0.29, 0.717) is 17.9 Å². The van der Waals surface area contributed by atoms with Crippen LogP contribution in [-0.2, 0) is 6.18 Å². The largest absolute Gasteiger partial charge is 0.478 e. The van der Waals surface area contributed by atoms with Crippen LogP contribution in [0.4, 0.5) is 24.5 Å². The number of rotatable bonds is 5. The van der Waals surface area contributed by atoms with Gasteiger partial charge in [-0.2, -0.15) is 13.2 Å². The highest BCUT2D eigenvalue weighted by molar-refractivity contribution is 5.89. The van der Waals surface area contributed by atoms with E-state index in [-0.39, 0.29) is 11.3 Å². The minimum absolute atomic E-state index is 0.0396. The molecule has 2 aliphatic rings. The summed E-state index contributed by atoms with van der Waals surface area (Å²) in [5.74, 6) is -0.360. The molecule has 2 fully saturated rings. The van der Waals surface area contributed by atoms with Crippen LogP contribution < -0.4 is 4.90 Å². The third-order valence-electron chi connectivity index (χ3n) is 5.36. The van der Waals surface area contributed by atoms with Gasteiger partial charge in [0.1, 0.15) is 0 Å². The van der Waals surface area contributed by atoms with Gasteiger partial charge in [-0.25, -0.2) is 4.79 Å². The summed E-state index contributed by atoms with van der Waals surface area (Å²) in [7, 11) is 1.60. The van der Waals surface area contributed by atoms with Crippen molar-refractivity contribution in [3.8, 4) is 0 Å². The number of hydrogen-bond acceptors (Lipinski definition) is 2. The number of carboxylic acids is 1. The van der Waals surface area contributed by atoms with Crippen LogP contribution in [0, 0.1) is 0 Å². The number of halogens is 3. The lowest BCUT2D eigenvalue weighted by molar-refractivity contribution is -0.137. The highest BCUT2D eigenvalue weighted by Crippen LogP contribution is 2.47. The van der Waals surface area contributed by atoms with Gasteiger partial charge >= 0.3 is 12.1 Å². The quantitative estimate of drug-likeness (QED) is 0.704. The summed E-state index contributed by atoms with van der Waals surface area (Å²) in [4.78, 5) is 12.6. The monoisotopic (exact) mass is 375 g/mol. The molecule has 2 aromatic carbocycles. The van der Waals surface area contributed by atoms with Crippen molar-refractivity contribution in [3.63, 3.8) is 0 Å². The molecule has 0 radical (unpaired) electrons. The Labute approximate surface area is 155 Å². The molecule has 2 aliphatic carbocycles. The van der Waals surface area contributed by atoms with Crippen LogP contribution in [0.25, 0.3) is 0 Å². The molecule has 2 saturated carbocycles. The van der Waals surface area contributed by atoms with Gasteiger partial charge in [0, 0.05) is 12.7 Å². The number of nitrogens with zero attached hydrogens (tertiary/aromatic N) is 1. The zero-order valence-corrected chi connectivity index (χ0v) is 14.9. The van der Waals surface area contributed by atoms with E-state index in [1.807, 2.05) is 12.1 Å². The summed E-state index contributed by atoms with van der Waals surface area (Å²) < 4.78 is 40.7. The molecule has 0 unspecified atom stereocenters. The normalized spacial score (nSPS) is 17.0. The lowest BCUT2D eigenvalue weighted by Gasteiger charge is -2.25. The van der Waals surface area contributed by atoms with Gasteiger partial charge in [-0.15, -0.1) is 0 Å². The first-order chi connectivity index (χ1) is 12.7. The number of benzene rings is 2. The summed E-state index contributed by atoms with van der Waals surface area (Å²) in [6, 6.07) is 9.30. The molecule has 0 aromatic heterocycles. The Balaban J connectivity index is 1.78. The Morgan fingerprint density at radius 2 is 1.56 bits per heavy atom. The molecule has 0 aliphatic heterocycles. The van der Waals surface area contributed by atoms with Gasteiger partial charge in [0.15, 0.2) is 0 Å². The van der Waals surface area contributed by atoms with Crippen molar-refractivity contribution in [1.82, 2.24) is 0 Å². The summed E-state index contributed by atoms with van der Waals surface area (Å²) in [5, 5.41) is 9.05. The fourth-order valence-corrected chi connectivity index (χ4v) is 3.49. The Bertz CT molecular complexity index is 869. The van der Waals surface area contributed by atoms with Crippen LogP contribution in [0.15, 0.2) is 36.4 Å². The average molecular weight is 375 g/mol. The van der Waals surface area contributed by atoms with Gasteiger partial charge in [-0.1, -0.05) is 6.07 Å². The molecule has 0 spiro atoms. The molecular formula is C21H20F3NO2. The topological polar surface area (TPSA) is 40.5 Å². The maximum absolute atomic E-state index is 13.6. The SMILES string of the molecule is CN(c1cc(C2CC2)cc(C2CC2)c1)c1ccc(C(=O)O)cc1C(F)(F)F. The van der Waals surface area contributed by atoms with E-state index in [4.69, 9.17) is 5.11 Å². The Hall–Kier alpha value is -2.50. The predicted molar refractivity (Wildman–Crippen MR) is 96.9 cm³/mol. The lowest BCUT2D eigenvalue weighted by atomic mass is 10.0. The van der Waals surface area contributed by atoms with E-state index in [1.54, 1.807) is 7.05 Å².